The van der Waals surface area contributed by atoms with E-state index in [4.69, 9.17) is 5.73 Å². The van der Waals surface area contributed by atoms with E-state index in [-0.39, 0.29) is 5.91 Å². The van der Waals surface area contributed by atoms with E-state index in [2.05, 4.69) is 24.4 Å². The van der Waals surface area contributed by atoms with Gasteiger partial charge < -0.3 is 11.1 Å². The molecule has 4 heteroatoms. The molecule has 1 heterocycles. The first-order valence-corrected chi connectivity index (χ1v) is 7.06. The number of amides is 1. The van der Waals surface area contributed by atoms with Crippen molar-refractivity contribution in [1.29, 1.82) is 0 Å². The summed E-state index contributed by atoms with van der Waals surface area (Å²) in [7, 11) is 0. The number of hydrogen-bond acceptors (Lipinski definition) is 3. The number of aryl methyl sites for hydroxylation is 1. The second-order valence-corrected chi connectivity index (χ2v) is 5.61. The molecule has 0 fully saturated rings. The van der Waals surface area contributed by atoms with Gasteiger partial charge in [-0.1, -0.05) is 12.8 Å². The van der Waals surface area contributed by atoms with Crippen molar-refractivity contribution in [1.82, 2.24) is 5.32 Å². The molecule has 0 saturated carbocycles. The van der Waals surface area contributed by atoms with E-state index < -0.39 is 0 Å². The highest BCUT2D eigenvalue weighted by Gasteiger charge is 2.02. The topological polar surface area (TPSA) is 55.1 Å². The molecule has 1 amide bonds. The minimum Gasteiger partial charge on any atom is -0.351 e. The highest BCUT2D eigenvalue weighted by molar-refractivity contribution is 7.11. The molecule has 0 bridgehead atoms. The fourth-order valence-electron chi connectivity index (χ4n) is 1.64. The summed E-state index contributed by atoms with van der Waals surface area (Å²) in [5, 5.41) is 2.95. The van der Waals surface area contributed by atoms with Crippen molar-refractivity contribution < 1.29 is 4.79 Å². The summed E-state index contributed by atoms with van der Waals surface area (Å²) < 4.78 is 0. The van der Waals surface area contributed by atoms with Crippen LogP contribution in [0.1, 0.15) is 41.9 Å². The lowest BCUT2D eigenvalue weighted by Crippen LogP contribution is -2.21. The molecule has 96 valence electrons. The van der Waals surface area contributed by atoms with E-state index >= 15 is 0 Å². The molecule has 1 aromatic heterocycles. The van der Waals surface area contributed by atoms with Crippen molar-refractivity contribution in [3.63, 3.8) is 0 Å². The maximum atomic E-state index is 11.5. The molecule has 0 aliphatic rings. The van der Waals surface area contributed by atoms with Gasteiger partial charge in [-0.25, -0.2) is 0 Å². The molecule has 3 N–H and O–H groups in total. The quantitative estimate of drug-likeness (QED) is 0.701. The van der Waals surface area contributed by atoms with E-state index in [1.54, 1.807) is 11.3 Å². The van der Waals surface area contributed by atoms with Crippen LogP contribution >= 0.6 is 11.3 Å². The maximum absolute atomic E-state index is 11.5. The second kappa shape index (κ2) is 8.25. The maximum Gasteiger partial charge on any atom is 0.220 e. The van der Waals surface area contributed by atoms with Gasteiger partial charge in [0.2, 0.25) is 5.91 Å². The average molecular weight is 254 g/mol. The van der Waals surface area contributed by atoms with Gasteiger partial charge in [-0.2, -0.15) is 0 Å². The van der Waals surface area contributed by atoms with Gasteiger partial charge in [0, 0.05) is 16.2 Å². The van der Waals surface area contributed by atoms with Crippen molar-refractivity contribution >= 4 is 17.2 Å². The minimum atomic E-state index is 0.156. The summed E-state index contributed by atoms with van der Waals surface area (Å²) in [6.45, 7) is 3.50. The van der Waals surface area contributed by atoms with Crippen LogP contribution in [-0.4, -0.2) is 12.5 Å². The normalized spacial score (nSPS) is 10.5. The number of unbranched alkanes of at least 4 members (excludes halogenated alkanes) is 3. The Kier molecular flexibility index (Phi) is 6.89. The van der Waals surface area contributed by atoms with Crippen molar-refractivity contribution in [2.75, 3.05) is 6.54 Å². The van der Waals surface area contributed by atoms with Crippen LogP contribution < -0.4 is 11.1 Å². The van der Waals surface area contributed by atoms with Crippen molar-refractivity contribution in [3.05, 3.63) is 21.9 Å². The standard InChI is InChI=1S/C13H22N2OS/c1-11-7-8-12(17-11)10-15-13(16)6-4-2-3-5-9-14/h7-8H,2-6,9-10,14H2,1H3,(H,15,16). The summed E-state index contributed by atoms with van der Waals surface area (Å²) >= 11 is 1.74. The van der Waals surface area contributed by atoms with Gasteiger partial charge >= 0.3 is 0 Å². The summed E-state index contributed by atoms with van der Waals surface area (Å²) in [5.41, 5.74) is 5.41. The zero-order valence-electron chi connectivity index (χ0n) is 10.5. The molecule has 0 atom stereocenters. The number of carbonyl (C=O) groups is 1. The average Bonchev–Trinajstić information content (AvgIpc) is 2.72. The number of thiophene rings is 1. The molecular formula is C13H22N2OS. The van der Waals surface area contributed by atoms with Gasteiger partial charge in [0.1, 0.15) is 0 Å². The van der Waals surface area contributed by atoms with Crippen LogP contribution in [0.5, 0.6) is 0 Å². The Bertz CT molecular complexity index is 336. The Morgan fingerprint density at radius 1 is 1.29 bits per heavy atom. The third-order valence-electron chi connectivity index (χ3n) is 2.61. The fourth-order valence-corrected chi connectivity index (χ4v) is 2.47. The molecular weight excluding hydrogens is 232 g/mol. The molecule has 17 heavy (non-hydrogen) atoms. The van der Waals surface area contributed by atoms with Crippen LogP contribution in [-0.2, 0) is 11.3 Å². The Hall–Kier alpha value is -0.870. The summed E-state index contributed by atoms with van der Waals surface area (Å²) in [6.07, 6.45) is 4.90. The highest BCUT2D eigenvalue weighted by atomic mass is 32.1. The van der Waals surface area contributed by atoms with Crippen molar-refractivity contribution in [3.8, 4) is 0 Å². The lowest BCUT2D eigenvalue weighted by atomic mass is 10.1. The van der Waals surface area contributed by atoms with Crippen LogP contribution in [0.4, 0.5) is 0 Å². The SMILES string of the molecule is Cc1ccc(CNC(=O)CCCCCCN)s1. The number of hydrogen-bond donors (Lipinski definition) is 2. The van der Waals surface area contributed by atoms with Crippen molar-refractivity contribution in [2.24, 2.45) is 5.73 Å². The number of nitrogens with one attached hydrogen (secondary N) is 1. The van der Waals surface area contributed by atoms with Crippen LogP contribution in [0, 0.1) is 6.92 Å². The third kappa shape index (κ3) is 6.44. The van der Waals surface area contributed by atoms with E-state index in [0.717, 1.165) is 32.2 Å². The van der Waals surface area contributed by atoms with Gasteiger partial charge in [0.25, 0.3) is 0 Å². The predicted molar refractivity (Wildman–Crippen MR) is 73.0 cm³/mol. The molecule has 0 unspecified atom stereocenters. The Morgan fingerprint density at radius 2 is 2.06 bits per heavy atom. The van der Waals surface area contributed by atoms with Crippen molar-refractivity contribution in [2.45, 2.75) is 45.6 Å². The van der Waals surface area contributed by atoms with Gasteiger partial charge in [-0.3, -0.25) is 4.79 Å². The molecule has 0 radical (unpaired) electrons. The molecule has 0 aromatic carbocycles. The second-order valence-electron chi connectivity index (χ2n) is 4.24. The van der Waals surface area contributed by atoms with E-state index in [9.17, 15) is 4.79 Å². The van der Waals surface area contributed by atoms with Crippen LogP contribution in [0.15, 0.2) is 12.1 Å². The first-order valence-electron chi connectivity index (χ1n) is 6.24. The molecule has 1 rings (SSSR count). The summed E-state index contributed by atoms with van der Waals surface area (Å²) in [6, 6.07) is 4.15. The zero-order chi connectivity index (χ0) is 12.5. The van der Waals surface area contributed by atoms with E-state index in [0.29, 0.717) is 13.0 Å². The third-order valence-corrected chi connectivity index (χ3v) is 3.61. The fraction of sp³-hybridized carbons (Fsp3) is 0.615. The zero-order valence-corrected chi connectivity index (χ0v) is 11.3. The summed E-state index contributed by atoms with van der Waals surface area (Å²) in [4.78, 5) is 14.0. The van der Waals surface area contributed by atoms with Crippen LogP contribution in [0.25, 0.3) is 0 Å². The molecule has 1 aromatic rings. The molecule has 0 aliphatic heterocycles. The lowest BCUT2D eigenvalue weighted by molar-refractivity contribution is -0.121. The minimum absolute atomic E-state index is 0.156. The lowest BCUT2D eigenvalue weighted by Gasteiger charge is -2.03. The van der Waals surface area contributed by atoms with Crippen LogP contribution in [0.2, 0.25) is 0 Å². The number of nitrogens with two attached hydrogens (primary N) is 1. The highest BCUT2D eigenvalue weighted by Crippen LogP contribution is 2.14. The number of carbonyl (C=O) groups excluding carboxylic acids is 1. The number of rotatable bonds is 8. The van der Waals surface area contributed by atoms with Gasteiger partial charge in [-0.15, -0.1) is 11.3 Å². The Balaban J connectivity index is 2.05. The molecule has 0 saturated heterocycles. The summed E-state index contributed by atoms with van der Waals surface area (Å²) in [5.74, 6) is 0.156. The first-order chi connectivity index (χ1) is 8.22. The largest absolute Gasteiger partial charge is 0.351 e. The first kappa shape index (κ1) is 14.2. The molecule has 3 nitrogen and oxygen atoms in total. The van der Waals surface area contributed by atoms with Gasteiger partial charge in [-0.05, 0) is 38.4 Å². The Labute approximate surface area is 107 Å². The monoisotopic (exact) mass is 254 g/mol. The molecule has 0 aliphatic carbocycles. The van der Waals surface area contributed by atoms with E-state index in [1.807, 2.05) is 0 Å². The van der Waals surface area contributed by atoms with E-state index in [1.165, 1.54) is 9.75 Å². The smallest absolute Gasteiger partial charge is 0.220 e. The predicted octanol–water partition coefficient (Wildman–Crippen LogP) is 2.58. The molecule has 0 spiro atoms. The van der Waals surface area contributed by atoms with Crippen LogP contribution in [0.3, 0.4) is 0 Å². The van der Waals surface area contributed by atoms with Gasteiger partial charge in [0.15, 0.2) is 0 Å². The van der Waals surface area contributed by atoms with Gasteiger partial charge in [0.05, 0.1) is 6.54 Å². The Morgan fingerprint density at radius 3 is 2.71 bits per heavy atom.